The lowest BCUT2D eigenvalue weighted by molar-refractivity contribution is -0.127. The highest BCUT2D eigenvalue weighted by Crippen LogP contribution is 2.41. The molecule has 0 bridgehead atoms. The summed E-state index contributed by atoms with van der Waals surface area (Å²) >= 11 is 6.02. The number of carbonyl (C=O) groups excluding carboxylic acids is 1. The zero-order valence-electron chi connectivity index (χ0n) is 16.5. The Labute approximate surface area is 171 Å². The summed E-state index contributed by atoms with van der Waals surface area (Å²) in [5.41, 5.74) is 0.431. The summed E-state index contributed by atoms with van der Waals surface area (Å²) in [6.07, 6.45) is 4.14. The minimum absolute atomic E-state index is 0.0117. The van der Waals surface area contributed by atoms with Crippen molar-refractivity contribution in [1.82, 2.24) is 5.32 Å². The van der Waals surface area contributed by atoms with Crippen LogP contribution in [0.2, 0.25) is 5.02 Å². The number of hydrogen-bond acceptors (Lipinski definition) is 3. The lowest BCUT2D eigenvalue weighted by Gasteiger charge is -2.31. The third-order valence-electron chi connectivity index (χ3n) is 5.66. The molecule has 0 spiro atoms. The first-order valence-corrected chi connectivity index (χ1v) is 10.1. The van der Waals surface area contributed by atoms with Crippen molar-refractivity contribution < 1.29 is 14.6 Å². The summed E-state index contributed by atoms with van der Waals surface area (Å²) in [6, 6.07) is 15.2. The van der Waals surface area contributed by atoms with E-state index in [-0.39, 0.29) is 12.5 Å². The maximum absolute atomic E-state index is 13.2. The van der Waals surface area contributed by atoms with E-state index in [9.17, 15) is 9.90 Å². The molecule has 1 saturated carbocycles. The summed E-state index contributed by atoms with van der Waals surface area (Å²) in [5.74, 6) is 0.769. The number of aliphatic hydroxyl groups is 1. The quantitative estimate of drug-likeness (QED) is 0.728. The Morgan fingerprint density at radius 2 is 1.75 bits per heavy atom. The van der Waals surface area contributed by atoms with Crippen LogP contribution in [0.1, 0.15) is 43.7 Å². The van der Waals surface area contributed by atoms with Crippen molar-refractivity contribution in [2.24, 2.45) is 0 Å². The Morgan fingerprint density at radius 3 is 2.32 bits per heavy atom. The molecule has 1 amide bonds. The number of methoxy groups -OCH3 is 1. The predicted molar refractivity (Wildman–Crippen MR) is 112 cm³/mol. The van der Waals surface area contributed by atoms with Crippen molar-refractivity contribution in [2.45, 2.75) is 50.0 Å². The molecule has 1 aliphatic rings. The molecule has 0 aliphatic heterocycles. The lowest BCUT2D eigenvalue weighted by Crippen LogP contribution is -2.49. The molecule has 0 heterocycles. The number of hydrogen-bond donors (Lipinski definition) is 2. The fourth-order valence-corrected chi connectivity index (χ4v) is 4.21. The molecule has 1 unspecified atom stereocenters. The Kier molecular flexibility index (Phi) is 6.31. The van der Waals surface area contributed by atoms with Crippen LogP contribution >= 0.6 is 11.6 Å². The number of carbonyl (C=O) groups is 1. The Bertz CT molecular complexity index is 794. The van der Waals surface area contributed by atoms with E-state index in [0.717, 1.165) is 42.6 Å². The van der Waals surface area contributed by atoms with Crippen LogP contribution in [0.4, 0.5) is 0 Å². The highest BCUT2D eigenvalue weighted by atomic mass is 35.5. The molecule has 1 fully saturated rings. The van der Waals surface area contributed by atoms with Crippen LogP contribution in [0.25, 0.3) is 0 Å². The molecule has 5 heteroatoms. The molecule has 0 saturated heterocycles. The van der Waals surface area contributed by atoms with E-state index in [4.69, 9.17) is 16.3 Å². The van der Waals surface area contributed by atoms with E-state index in [2.05, 4.69) is 5.32 Å². The van der Waals surface area contributed by atoms with E-state index in [1.54, 1.807) is 14.0 Å². The van der Waals surface area contributed by atoms with Crippen LogP contribution in [-0.2, 0) is 16.6 Å². The summed E-state index contributed by atoms with van der Waals surface area (Å²) in [5, 5.41) is 14.5. The van der Waals surface area contributed by atoms with Gasteiger partial charge in [0.15, 0.2) is 0 Å². The standard InChI is InChI=1S/C23H28ClNO3/c1-22(27,15-17-5-11-20(28-2)12-6-17)16-25-21(26)23(13-3-4-14-23)18-7-9-19(24)10-8-18/h5-12,27H,3-4,13-16H2,1-2H3,(H,25,26). The second-order valence-corrected chi connectivity index (χ2v) is 8.44. The number of benzene rings is 2. The molecule has 28 heavy (non-hydrogen) atoms. The van der Waals surface area contributed by atoms with Crippen molar-refractivity contribution >= 4 is 17.5 Å². The van der Waals surface area contributed by atoms with Crippen LogP contribution in [0.3, 0.4) is 0 Å². The Hall–Kier alpha value is -2.04. The van der Waals surface area contributed by atoms with Gasteiger partial charge in [0.1, 0.15) is 5.75 Å². The number of nitrogens with one attached hydrogen (secondary N) is 1. The van der Waals surface area contributed by atoms with Crippen molar-refractivity contribution in [3.63, 3.8) is 0 Å². The second-order valence-electron chi connectivity index (χ2n) is 8.00. The summed E-state index contributed by atoms with van der Waals surface area (Å²) in [4.78, 5) is 13.2. The van der Waals surface area contributed by atoms with Gasteiger partial charge in [-0.25, -0.2) is 0 Å². The first-order valence-electron chi connectivity index (χ1n) is 9.74. The molecular weight excluding hydrogens is 374 g/mol. The zero-order valence-corrected chi connectivity index (χ0v) is 17.3. The van der Waals surface area contributed by atoms with Gasteiger partial charge in [0.2, 0.25) is 5.91 Å². The SMILES string of the molecule is COc1ccc(CC(C)(O)CNC(=O)C2(c3ccc(Cl)cc3)CCCC2)cc1. The summed E-state index contributed by atoms with van der Waals surface area (Å²) in [7, 11) is 1.63. The van der Waals surface area contributed by atoms with E-state index < -0.39 is 11.0 Å². The van der Waals surface area contributed by atoms with Crippen LogP contribution in [0.15, 0.2) is 48.5 Å². The first kappa shape index (κ1) is 20.7. The number of ether oxygens (including phenoxy) is 1. The minimum atomic E-state index is -1.04. The van der Waals surface area contributed by atoms with E-state index in [1.807, 2.05) is 48.5 Å². The number of amides is 1. The number of halogens is 1. The molecule has 0 radical (unpaired) electrons. The summed E-state index contributed by atoms with van der Waals surface area (Å²) in [6.45, 7) is 1.95. The van der Waals surface area contributed by atoms with Crippen LogP contribution in [0.5, 0.6) is 5.75 Å². The van der Waals surface area contributed by atoms with Crippen molar-refractivity contribution in [1.29, 1.82) is 0 Å². The van der Waals surface area contributed by atoms with Crippen LogP contribution in [0, 0.1) is 0 Å². The summed E-state index contributed by atoms with van der Waals surface area (Å²) < 4.78 is 5.17. The van der Waals surface area contributed by atoms with Gasteiger partial charge in [-0.2, -0.15) is 0 Å². The van der Waals surface area contributed by atoms with Crippen LogP contribution < -0.4 is 10.1 Å². The molecular formula is C23H28ClNO3. The Morgan fingerprint density at radius 1 is 1.14 bits per heavy atom. The first-order chi connectivity index (χ1) is 13.3. The van der Waals surface area contributed by atoms with Gasteiger partial charge in [0, 0.05) is 18.0 Å². The molecule has 3 rings (SSSR count). The van der Waals surface area contributed by atoms with Crippen LogP contribution in [-0.4, -0.2) is 30.3 Å². The zero-order chi connectivity index (χ0) is 20.2. The third-order valence-corrected chi connectivity index (χ3v) is 5.91. The number of rotatable bonds is 7. The van der Waals surface area contributed by atoms with Gasteiger partial charge in [-0.15, -0.1) is 0 Å². The molecule has 2 aromatic rings. The smallest absolute Gasteiger partial charge is 0.230 e. The van der Waals surface area contributed by atoms with Gasteiger partial charge in [0.05, 0.1) is 18.1 Å². The lowest BCUT2D eigenvalue weighted by atomic mass is 9.78. The molecule has 0 aromatic heterocycles. The highest BCUT2D eigenvalue weighted by Gasteiger charge is 2.43. The van der Waals surface area contributed by atoms with Crippen molar-refractivity contribution in [2.75, 3.05) is 13.7 Å². The second kappa shape index (κ2) is 8.54. The van der Waals surface area contributed by atoms with Gasteiger partial charge >= 0.3 is 0 Å². The largest absolute Gasteiger partial charge is 0.497 e. The third kappa shape index (κ3) is 4.68. The van der Waals surface area contributed by atoms with Crippen molar-refractivity contribution in [3.05, 3.63) is 64.7 Å². The molecule has 2 N–H and O–H groups in total. The van der Waals surface area contributed by atoms with Gasteiger partial charge in [-0.1, -0.05) is 48.7 Å². The highest BCUT2D eigenvalue weighted by molar-refractivity contribution is 6.30. The molecule has 1 atom stereocenters. The van der Waals surface area contributed by atoms with E-state index in [1.165, 1.54) is 0 Å². The normalized spacial score (nSPS) is 17.7. The fraction of sp³-hybridized carbons (Fsp3) is 0.435. The predicted octanol–water partition coefficient (Wildman–Crippen LogP) is 4.27. The average Bonchev–Trinajstić information content (AvgIpc) is 3.18. The monoisotopic (exact) mass is 401 g/mol. The fourth-order valence-electron chi connectivity index (χ4n) is 4.08. The molecule has 2 aromatic carbocycles. The molecule has 150 valence electrons. The van der Waals surface area contributed by atoms with Gasteiger partial charge in [0.25, 0.3) is 0 Å². The average molecular weight is 402 g/mol. The van der Waals surface area contributed by atoms with E-state index in [0.29, 0.717) is 11.4 Å². The maximum atomic E-state index is 13.2. The van der Waals surface area contributed by atoms with Crippen molar-refractivity contribution in [3.8, 4) is 5.75 Å². The Balaban J connectivity index is 1.67. The van der Waals surface area contributed by atoms with E-state index >= 15 is 0 Å². The molecule has 4 nitrogen and oxygen atoms in total. The topological polar surface area (TPSA) is 58.6 Å². The maximum Gasteiger partial charge on any atom is 0.230 e. The van der Waals surface area contributed by atoms with Gasteiger partial charge in [-0.05, 0) is 55.2 Å². The minimum Gasteiger partial charge on any atom is -0.497 e. The van der Waals surface area contributed by atoms with Gasteiger partial charge in [-0.3, -0.25) is 4.79 Å². The van der Waals surface area contributed by atoms with Gasteiger partial charge < -0.3 is 15.2 Å². The molecule has 1 aliphatic carbocycles.